The van der Waals surface area contributed by atoms with Gasteiger partial charge in [-0.15, -0.1) is 0 Å². The fourth-order valence-electron chi connectivity index (χ4n) is 2.41. The van der Waals surface area contributed by atoms with Crippen LogP contribution in [0.25, 0.3) is 0 Å². The number of ketones is 1. The molecule has 3 rings (SSSR count). The van der Waals surface area contributed by atoms with Crippen LogP contribution in [-0.2, 0) is 10.5 Å². The summed E-state index contributed by atoms with van der Waals surface area (Å²) in [5.41, 5.74) is 0.0808. The number of aromatic hydroxyl groups is 4. The monoisotopic (exact) mass is 304 g/mol. The van der Waals surface area contributed by atoms with E-state index in [1.165, 1.54) is 19.2 Å². The van der Waals surface area contributed by atoms with E-state index in [-0.39, 0.29) is 28.4 Å². The molecular weight excluding hydrogens is 292 g/mol. The molecule has 114 valence electrons. The van der Waals surface area contributed by atoms with Gasteiger partial charge in [0.1, 0.15) is 5.75 Å². The van der Waals surface area contributed by atoms with Crippen molar-refractivity contribution in [3.8, 4) is 28.7 Å². The van der Waals surface area contributed by atoms with Gasteiger partial charge >= 0.3 is 5.79 Å². The smallest absolute Gasteiger partial charge is 0.302 e. The molecule has 0 spiro atoms. The van der Waals surface area contributed by atoms with Crippen molar-refractivity contribution in [2.75, 3.05) is 7.11 Å². The average molecular weight is 304 g/mol. The van der Waals surface area contributed by atoms with E-state index in [9.17, 15) is 25.2 Å². The minimum Gasteiger partial charge on any atom is -0.508 e. The SMILES string of the molecule is COC1(c2ccc(O)c(O)c2)Oc2c(O)cc(O)cc2C1=O. The zero-order valence-electron chi connectivity index (χ0n) is 11.4. The number of phenols is 4. The summed E-state index contributed by atoms with van der Waals surface area (Å²) in [6.07, 6.45) is 0. The van der Waals surface area contributed by atoms with Crippen molar-refractivity contribution >= 4 is 5.78 Å². The Kier molecular flexibility index (Phi) is 2.89. The Morgan fingerprint density at radius 3 is 2.36 bits per heavy atom. The van der Waals surface area contributed by atoms with Gasteiger partial charge in [0, 0.05) is 18.7 Å². The number of hydrogen-bond acceptors (Lipinski definition) is 7. The lowest BCUT2D eigenvalue weighted by atomic mass is 9.97. The lowest BCUT2D eigenvalue weighted by Crippen LogP contribution is -2.39. The third-order valence-electron chi connectivity index (χ3n) is 3.49. The van der Waals surface area contributed by atoms with Crippen LogP contribution in [0.1, 0.15) is 15.9 Å². The van der Waals surface area contributed by atoms with Gasteiger partial charge in [0.05, 0.1) is 5.56 Å². The molecule has 0 saturated carbocycles. The molecule has 2 aromatic rings. The van der Waals surface area contributed by atoms with Crippen molar-refractivity contribution in [2.24, 2.45) is 0 Å². The van der Waals surface area contributed by atoms with E-state index in [1.807, 2.05) is 0 Å². The Morgan fingerprint density at radius 2 is 1.73 bits per heavy atom. The van der Waals surface area contributed by atoms with Gasteiger partial charge in [-0.05, 0) is 24.3 Å². The first-order valence-electron chi connectivity index (χ1n) is 6.26. The molecule has 0 aliphatic carbocycles. The molecule has 22 heavy (non-hydrogen) atoms. The Morgan fingerprint density at radius 1 is 1.00 bits per heavy atom. The Bertz CT molecular complexity index is 784. The molecule has 2 aromatic carbocycles. The molecule has 0 radical (unpaired) electrons. The number of benzene rings is 2. The van der Waals surface area contributed by atoms with Crippen LogP contribution in [0.5, 0.6) is 28.7 Å². The van der Waals surface area contributed by atoms with Crippen molar-refractivity contribution in [1.29, 1.82) is 0 Å². The Balaban J connectivity index is 2.19. The Hall–Kier alpha value is -2.93. The van der Waals surface area contributed by atoms with Crippen LogP contribution in [0.2, 0.25) is 0 Å². The van der Waals surface area contributed by atoms with Gasteiger partial charge in [0.15, 0.2) is 23.0 Å². The molecule has 0 amide bonds. The average Bonchev–Trinajstić information content (AvgIpc) is 2.77. The first kappa shape index (κ1) is 14.0. The molecule has 4 N–H and O–H groups in total. The molecule has 1 unspecified atom stereocenters. The molecule has 0 saturated heterocycles. The van der Waals surface area contributed by atoms with Gasteiger partial charge in [-0.3, -0.25) is 4.79 Å². The summed E-state index contributed by atoms with van der Waals surface area (Å²) in [7, 11) is 1.23. The highest BCUT2D eigenvalue weighted by Gasteiger charge is 2.52. The van der Waals surface area contributed by atoms with Gasteiger partial charge in [-0.2, -0.15) is 0 Å². The fraction of sp³-hybridized carbons (Fsp3) is 0.133. The number of methoxy groups -OCH3 is 1. The predicted molar refractivity (Wildman–Crippen MR) is 73.2 cm³/mol. The van der Waals surface area contributed by atoms with Crippen molar-refractivity contribution in [3.63, 3.8) is 0 Å². The lowest BCUT2D eigenvalue weighted by Gasteiger charge is -2.25. The summed E-state index contributed by atoms with van der Waals surface area (Å²) in [4.78, 5) is 12.6. The molecular formula is C15H12O7. The maximum absolute atomic E-state index is 12.6. The van der Waals surface area contributed by atoms with Crippen LogP contribution in [-0.4, -0.2) is 33.3 Å². The van der Waals surface area contributed by atoms with E-state index in [4.69, 9.17) is 9.47 Å². The summed E-state index contributed by atoms with van der Waals surface area (Å²) in [5, 5.41) is 38.3. The zero-order chi connectivity index (χ0) is 16.1. The maximum Gasteiger partial charge on any atom is 0.302 e. The number of carbonyl (C=O) groups is 1. The quantitative estimate of drug-likeness (QED) is 0.622. The maximum atomic E-state index is 12.6. The Labute approximate surface area is 124 Å². The van der Waals surface area contributed by atoms with Crippen molar-refractivity contribution in [3.05, 3.63) is 41.5 Å². The number of ether oxygens (including phenoxy) is 2. The van der Waals surface area contributed by atoms with Gasteiger partial charge in [-0.25, -0.2) is 0 Å². The van der Waals surface area contributed by atoms with Crippen molar-refractivity contribution in [1.82, 2.24) is 0 Å². The van der Waals surface area contributed by atoms with E-state index in [0.29, 0.717) is 0 Å². The van der Waals surface area contributed by atoms with E-state index in [2.05, 4.69) is 0 Å². The summed E-state index contributed by atoms with van der Waals surface area (Å²) in [6.45, 7) is 0. The summed E-state index contributed by atoms with van der Waals surface area (Å²) >= 11 is 0. The van der Waals surface area contributed by atoms with E-state index in [0.717, 1.165) is 18.2 Å². The molecule has 1 atom stereocenters. The van der Waals surface area contributed by atoms with Crippen LogP contribution < -0.4 is 4.74 Å². The highest BCUT2D eigenvalue weighted by atomic mass is 16.7. The highest BCUT2D eigenvalue weighted by Crippen LogP contribution is 2.48. The zero-order valence-corrected chi connectivity index (χ0v) is 11.4. The normalized spacial score (nSPS) is 19.8. The molecule has 0 aromatic heterocycles. The standard InChI is InChI=1S/C15H12O7/c1-21-15(7-2-3-10(17)11(18)4-7)14(20)9-5-8(16)6-12(19)13(9)22-15/h2-6,16-19H,1H3. The number of Topliss-reactive ketones (excluding diaryl/α,β-unsaturated/α-hetero) is 1. The summed E-state index contributed by atoms with van der Waals surface area (Å²) < 4.78 is 10.7. The van der Waals surface area contributed by atoms with Gasteiger partial charge in [0.2, 0.25) is 5.78 Å². The molecule has 7 heteroatoms. The fourth-order valence-corrected chi connectivity index (χ4v) is 2.41. The first-order chi connectivity index (χ1) is 10.4. The summed E-state index contributed by atoms with van der Waals surface area (Å²) in [6, 6.07) is 5.84. The largest absolute Gasteiger partial charge is 0.508 e. The van der Waals surface area contributed by atoms with Crippen LogP contribution >= 0.6 is 0 Å². The van der Waals surface area contributed by atoms with Crippen LogP contribution in [0.4, 0.5) is 0 Å². The van der Waals surface area contributed by atoms with Gasteiger partial charge < -0.3 is 29.9 Å². The van der Waals surface area contributed by atoms with Crippen LogP contribution in [0.15, 0.2) is 30.3 Å². The molecule has 1 aliphatic rings. The van der Waals surface area contributed by atoms with Crippen LogP contribution in [0.3, 0.4) is 0 Å². The number of fused-ring (bicyclic) bond motifs is 1. The number of phenolic OH excluding ortho intramolecular Hbond substituents is 4. The van der Waals surface area contributed by atoms with Crippen LogP contribution in [0, 0.1) is 0 Å². The van der Waals surface area contributed by atoms with E-state index < -0.39 is 23.1 Å². The summed E-state index contributed by atoms with van der Waals surface area (Å²) in [5.74, 6) is -4.22. The van der Waals surface area contributed by atoms with E-state index >= 15 is 0 Å². The number of hydrogen-bond donors (Lipinski definition) is 4. The minimum atomic E-state index is -1.92. The van der Waals surface area contributed by atoms with Gasteiger partial charge in [0.25, 0.3) is 0 Å². The first-order valence-corrected chi connectivity index (χ1v) is 6.26. The topological polar surface area (TPSA) is 116 Å². The third kappa shape index (κ3) is 1.76. The predicted octanol–water partition coefficient (Wildman–Crippen LogP) is 1.58. The number of carbonyl (C=O) groups excluding carboxylic acids is 1. The lowest BCUT2D eigenvalue weighted by molar-refractivity contribution is -0.125. The van der Waals surface area contributed by atoms with Crippen molar-refractivity contribution < 1.29 is 34.7 Å². The molecule has 0 fully saturated rings. The third-order valence-corrected chi connectivity index (χ3v) is 3.49. The second-order valence-electron chi connectivity index (χ2n) is 4.80. The molecule has 1 heterocycles. The molecule has 1 aliphatic heterocycles. The number of rotatable bonds is 2. The minimum absolute atomic E-state index is 0.0492. The highest BCUT2D eigenvalue weighted by molar-refractivity contribution is 6.08. The second-order valence-corrected chi connectivity index (χ2v) is 4.80. The van der Waals surface area contributed by atoms with Gasteiger partial charge in [-0.1, -0.05) is 0 Å². The second kappa shape index (κ2) is 4.54. The van der Waals surface area contributed by atoms with E-state index in [1.54, 1.807) is 0 Å². The van der Waals surface area contributed by atoms with Crippen molar-refractivity contribution in [2.45, 2.75) is 5.79 Å². The molecule has 0 bridgehead atoms. The molecule has 7 nitrogen and oxygen atoms in total.